The maximum Gasteiger partial charge on any atom is 0.320 e. The van der Waals surface area contributed by atoms with Gasteiger partial charge < -0.3 is 10.6 Å². The lowest BCUT2D eigenvalue weighted by Gasteiger charge is -2.18. The molecule has 0 aliphatic carbocycles. The summed E-state index contributed by atoms with van der Waals surface area (Å²) in [7, 11) is 0. The first-order chi connectivity index (χ1) is 11.2. The van der Waals surface area contributed by atoms with E-state index in [4.69, 9.17) is 0 Å². The fourth-order valence-electron chi connectivity index (χ4n) is 2.25. The molecule has 1 aromatic heterocycles. The zero-order valence-corrected chi connectivity index (χ0v) is 13.0. The molecule has 3 aromatic rings. The van der Waals surface area contributed by atoms with Crippen molar-refractivity contribution in [2.45, 2.75) is 6.04 Å². The first-order valence-corrected chi connectivity index (χ1v) is 8.02. The van der Waals surface area contributed by atoms with E-state index >= 15 is 0 Å². The van der Waals surface area contributed by atoms with Crippen LogP contribution in [0.25, 0.3) is 0 Å². The van der Waals surface area contributed by atoms with Gasteiger partial charge in [-0.05, 0) is 41.3 Å². The molecule has 23 heavy (non-hydrogen) atoms. The highest BCUT2D eigenvalue weighted by Gasteiger charge is 2.17. The number of nitrogens with one attached hydrogen (secondary N) is 2. The highest BCUT2D eigenvalue weighted by atomic mass is 32.1. The Morgan fingerprint density at radius 1 is 0.957 bits per heavy atom. The molecule has 3 nitrogen and oxygen atoms in total. The molecular weight excluding hydrogens is 311 g/mol. The number of carbonyl (C=O) groups is 1. The maximum atomic E-state index is 12.9. The van der Waals surface area contributed by atoms with E-state index in [2.05, 4.69) is 10.6 Å². The van der Waals surface area contributed by atoms with Crippen molar-refractivity contribution in [3.63, 3.8) is 0 Å². The topological polar surface area (TPSA) is 41.1 Å². The molecular formula is C18H15FN2OS. The average Bonchev–Trinajstić information content (AvgIpc) is 3.10. The van der Waals surface area contributed by atoms with E-state index in [-0.39, 0.29) is 17.9 Å². The first-order valence-electron chi connectivity index (χ1n) is 7.14. The zero-order chi connectivity index (χ0) is 16.1. The number of benzene rings is 2. The third kappa shape index (κ3) is 3.96. The summed E-state index contributed by atoms with van der Waals surface area (Å²) in [5.74, 6) is -0.336. The van der Waals surface area contributed by atoms with Gasteiger partial charge in [0.15, 0.2) is 0 Å². The standard InChI is InChI=1S/C18H15FN2OS/c19-14-8-10-15(11-9-14)20-18(22)21-17(16-7-4-12-23-16)13-5-2-1-3-6-13/h1-12,17H,(H2,20,21,22)/t17-/m0/s1. The van der Waals surface area contributed by atoms with E-state index in [0.29, 0.717) is 5.69 Å². The summed E-state index contributed by atoms with van der Waals surface area (Å²) in [5.41, 5.74) is 1.55. The lowest BCUT2D eigenvalue weighted by atomic mass is 10.1. The van der Waals surface area contributed by atoms with Gasteiger partial charge >= 0.3 is 6.03 Å². The molecule has 0 aliphatic rings. The van der Waals surface area contributed by atoms with Gasteiger partial charge in [-0.1, -0.05) is 36.4 Å². The summed E-state index contributed by atoms with van der Waals surface area (Å²) in [6, 6.07) is 18.8. The quantitative estimate of drug-likeness (QED) is 0.710. The van der Waals surface area contributed by atoms with Crippen LogP contribution in [-0.4, -0.2) is 6.03 Å². The van der Waals surface area contributed by atoms with Crippen LogP contribution in [0.2, 0.25) is 0 Å². The Bertz CT molecular complexity index is 757. The second-order valence-corrected chi connectivity index (χ2v) is 5.94. The molecule has 0 radical (unpaired) electrons. The third-order valence-electron chi connectivity index (χ3n) is 3.34. The molecule has 2 amide bonds. The Morgan fingerprint density at radius 2 is 1.70 bits per heavy atom. The fraction of sp³-hybridized carbons (Fsp3) is 0.0556. The van der Waals surface area contributed by atoms with Crippen LogP contribution in [0.5, 0.6) is 0 Å². The Kier molecular flexibility index (Phi) is 4.68. The molecule has 2 aromatic carbocycles. The number of urea groups is 1. The van der Waals surface area contributed by atoms with Gasteiger partial charge in [-0.3, -0.25) is 0 Å². The van der Waals surface area contributed by atoms with Gasteiger partial charge in [-0.25, -0.2) is 9.18 Å². The largest absolute Gasteiger partial charge is 0.326 e. The molecule has 5 heteroatoms. The normalized spacial score (nSPS) is 11.7. The number of anilines is 1. The maximum absolute atomic E-state index is 12.9. The van der Waals surface area contributed by atoms with Crippen molar-refractivity contribution in [2.24, 2.45) is 0 Å². The van der Waals surface area contributed by atoms with Gasteiger partial charge in [0.2, 0.25) is 0 Å². The smallest absolute Gasteiger partial charge is 0.320 e. The Hall–Kier alpha value is -2.66. The summed E-state index contributed by atoms with van der Waals surface area (Å²) < 4.78 is 12.9. The molecule has 3 rings (SSSR count). The van der Waals surface area contributed by atoms with Crippen LogP contribution < -0.4 is 10.6 Å². The number of hydrogen-bond acceptors (Lipinski definition) is 2. The number of carbonyl (C=O) groups excluding carboxylic acids is 1. The van der Waals surface area contributed by atoms with E-state index in [0.717, 1.165) is 10.4 Å². The van der Waals surface area contributed by atoms with Crippen molar-refractivity contribution in [1.82, 2.24) is 5.32 Å². The van der Waals surface area contributed by atoms with Gasteiger partial charge in [0.1, 0.15) is 5.82 Å². The Balaban J connectivity index is 1.76. The van der Waals surface area contributed by atoms with E-state index in [9.17, 15) is 9.18 Å². The van der Waals surface area contributed by atoms with Crippen molar-refractivity contribution < 1.29 is 9.18 Å². The third-order valence-corrected chi connectivity index (χ3v) is 4.28. The predicted octanol–water partition coefficient (Wildman–Crippen LogP) is 4.80. The summed E-state index contributed by atoms with van der Waals surface area (Å²) in [4.78, 5) is 13.3. The van der Waals surface area contributed by atoms with Gasteiger partial charge in [0.25, 0.3) is 0 Å². The number of rotatable bonds is 4. The summed E-state index contributed by atoms with van der Waals surface area (Å²) >= 11 is 1.58. The minimum absolute atomic E-state index is 0.225. The van der Waals surface area contributed by atoms with Crippen LogP contribution in [0.4, 0.5) is 14.9 Å². The van der Waals surface area contributed by atoms with Gasteiger partial charge in [0, 0.05) is 10.6 Å². The summed E-state index contributed by atoms with van der Waals surface area (Å²) in [6.45, 7) is 0. The van der Waals surface area contributed by atoms with E-state index in [1.54, 1.807) is 11.3 Å². The summed E-state index contributed by atoms with van der Waals surface area (Å²) in [6.07, 6.45) is 0. The molecule has 0 spiro atoms. The van der Waals surface area contributed by atoms with Crippen LogP contribution in [0.15, 0.2) is 72.1 Å². The van der Waals surface area contributed by atoms with Crippen molar-refractivity contribution in [2.75, 3.05) is 5.32 Å². The number of thiophene rings is 1. The molecule has 1 heterocycles. The molecule has 0 saturated carbocycles. The molecule has 0 saturated heterocycles. The van der Waals surface area contributed by atoms with Crippen molar-refractivity contribution in [3.05, 3.63) is 88.4 Å². The lowest BCUT2D eigenvalue weighted by Crippen LogP contribution is -2.32. The molecule has 2 N–H and O–H groups in total. The Labute approximate surface area is 137 Å². The van der Waals surface area contributed by atoms with Gasteiger partial charge in [-0.15, -0.1) is 11.3 Å². The van der Waals surface area contributed by atoms with Crippen LogP contribution in [0.3, 0.4) is 0 Å². The zero-order valence-electron chi connectivity index (χ0n) is 12.2. The highest BCUT2D eigenvalue weighted by Crippen LogP contribution is 2.26. The molecule has 116 valence electrons. The van der Waals surface area contributed by atoms with E-state index < -0.39 is 0 Å². The van der Waals surface area contributed by atoms with Gasteiger partial charge in [0.05, 0.1) is 6.04 Å². The van der Waals surface area contributed by atoms with E-state index in [1.165, 1.54) is 24.3 Å². The molecule has 0 bridgehead atoms. The Morgan fingerprint density at radius 3 is 2.35 bits per heavy atom. The SMILES string of the molecule is O=C(Nc1ccc(F)cc1)N[C@@H](c1ccccc1)c1cccs1. The van der Waals surface area contributed by atoms with Crippen molar-refractivity contribution in [3.8, 4) is 0 Å². The number of hydrogen-bond donors (Lipinski definition) is 2. The average molecular weight is 326 g/mol. The van der Waals surface area contributed by atoms with Crippen LogP contribution in [0.1, 0.15) is 16.5 Å². The fourth-order valence-corrected chi connectivity index (χ4v) is 3.05. The molecule has 0 unspecified atom stereocenters. The molecule has 1 atom stereocenters. The predicted molar refractivity (Wildman–Crippen MR) is 91.2 cm³/mol. The van der Waals surface area contributed by atoms with Crippen LogP contribution in [-0.2, 0) is 0 Å². The van der Waals surface area contributed by atoms with Crippen LogP contribution >= 0.6 is 11.3 Å². The summed E-state index contributed by atoms with van der Waals surface area (Å²) in [5, 5.41) is 7.66. The number of halogens is 1. The van der Waals surface area contributed by atoms with Crippen molar-refractivity contribution in [1.29, 1.82) is 0 Å². The second-order valence-electron chi connectivity index (χ2n) is 4.96. The molecule has 0 aliphatic heterocycles. The highest BCUT2D eigenvalue weighted by molar-refractivity contribution is 7.10. The molecule has 0 fully saturated rings. The lowest BCUT2D eigenvalue weighted by molar-refractivity contribution is 0.250. The number of amides is 2. The van der Waals surface area contributed by atoms with Gasteiger partial charge in [-0.2, -0.15) is 0 Å². The van der Waals surface area contributed by atoms with E-state index in [1.807, 2.05) is 47.8 Å². The monoisotopic (exact) mass is 326 g/mol. The van der Waals surface area contributed by atoms with Crippen LogP contribution in [0, 0.1) is 5.82 Å². The second kappa shape index (κ2) is 7.07. The minimum Gasteiger partial charge on any atom is -0.326 e. The minimum atomic E-state index is -0.336. The first kappa shape index (κ1) is 15.2. The van der Waals surface area contributed by atoms with Crippen molar-refractivity contribution >= 4 is 23.1 Å².